The summed E-state index contributed by atoms with van der Waals surface area (Å²) in [6, 6.07) is 0.245. The van der Waals surface area contributed by atoms with E-state index < -0.39 is 12.1 Å². The third kappa shape index (κ3) is 2.84. The number of alkyl halides is 3. The number of hydrogen-bond acceptors (Lipinski definition) is 4. The monoisotopic (exact) mass is 300 g/mol. The molecular formula is C14H19F3N4. The highest BCUT2D eigenvalue weighted by molar-refractivity contribution is 5.37. The molecule has 1 aromatic heterocycles. The Bertz CT molecular complexity index is 517. The molecule has 0 amide bonds. The molecule has 21 heavy (non-hydrogen) atoms. The highest BCUT2D eigenvalue weighted by Crippen LogP contribution is 2.36. The van der Waals surface area contributed by atoms with E-state index in [2.05, 4.69) is 14.9 Å². The van der Waals surface area contributed by atoms with Gasteiger partial charge in [0.2, 0.25) is 5.95 Å². The Balaban J connectivity index is 1.81. The molecule has 0 bridgehead atoms. The topological polar surface area (TPSA) is 55.0 Å². The van der Waals surface area contributed by atoms with Gasteiger partial charge in [0, 0.05) is 31.0 Å². The maximum Gasteiger partial charge on any atom is 0.392 e. The molecule has 1 aliphatic heterocycles. The van der Waals surface area contributed by atoms with Gasteiger partial charge in [0.25, 0.3) is 0 Å². The minimum atomic E-state index is -4.13. The van der Waals surface area contributed by atoms with E-state index >= 15 is 0 Å². The van der Waals surface area contributed by atoms with Gasteiger partial charge in [-0.1, -0.05) is 0 Å². The van der Waals surface area contributed by atoms with Gasteiger partial charge in [-0.2, -0.15) is 13.2 Å². The lowest BCUT2D eigenvalue weighted by Gasteiger charge is -2.28. The van der Waals surface area contributed by atoms with Gasteiger partial charge in [-0.3, -0.25) is 0 Å². The van der Waals surface area contributed by atoms with E-state index in [0.717, 1.165) is 25.1 Å². The van der Waals surface area contributed by atoms with E-state index in [1.807, 2.05) is 0 Å². The van der Waals surface area contributed by atoms with Crippen LogP contribution < -0.4 is 10.6 Å². The molecule has 1 aromatic rings. The van der Waals surface area contributed by atoms with Crippen molar-refractivity contribution in [1.29, 1.82) is 0 Å². The molecule has 116 valence electrons. The van der Waals surface area contributed by atoms with Gasteiger partial charge in [-0.05, 0) is 37.7 Å². The van der Waals surface area contributed by atoms with E-state index in [1.165, 1.54) is 0 Å². The maximum absolute atomic E-state index is 12.8. The number of rotatable bonds is 2. The van der Waals surface area contributed by atoms with E-state index in [0.29, 0.717) is 24.5 Å². The first-order valence-corrected chi connectivity index (χ1v) is 7.37. The van der Waals surface area contributed by atoms with Crippen LogP contribution in [-0.4, -0.2) is 35.3 Å². The summed E-state index contributed by atoms with van der Waals surface area (Å²) in [6.07, 6.45) is 0.00579. The average Bonchev–Trinajstić information content (AvgIpc) is 2.93. The van der Waals surface area contributed by atoms with Crippen LogP contribution in [0, 0.1) is 5.92 Å². The molecule has 2 unspecified atom stereocenters. The zero-order valence-corrected chi connectivity index (χ0v) is 11.7. The summed E-state index contributed by atoms with van der Waals surface area (Å²) in [7, 11) is 0. The van der Waals surface area contributed by atoms with Gasteiger partial charge in [0.1, 0.15) is 0 Å². The van der Waals surface area contributed by atoms with Gasteiger partial charge in [-0.25, -0.2) is 9.97 Å². The highest BCUT2D eigenvalue weighted by atomic mass is 19.4. The SMILES string of the molecule is NCC1CCCN1c1ncc2c(n1)CCC(C(F)(F)F)C2. The van der Waals surface area contributed by atoms with Crippen LogP contribution in [0.5, 0.6) is 0 Å². The molecule has 0 spiro atoms. The first kappa shape index (κ1) is 14.6. The number of nitrogens with zero attached hydrogens (tertiary/aromatic N) is 3. The van der Waals surface area contributed by atoms with Gasteiger partial charge in [0.15, 0.2) is 0 Å². The van der Waals surface area contributed by atoms with Crippen molar-refractivity contribution in [3.63, 3.8) is 0 Å². The zero-order valence-electron chi connectivity index (χ0n) is 11.7. The van der Waals surface area contributed by atoms with Crippen molar-refractivity contribution in [1.82, 2.24) is 9.97 Å². The van der Waals surface area contributed by atoms with E-state index in [1.54, 1.807) is 6.20 Å². The summed E-state index contributed by atoms with van der Waals surface area (Å²) in [5.74, 6) is -0.643. The standard InChI is InChI=1S/C14H19F3N4/c15-14(16,17)10-3-4-12-9(6-10)8-19-13(20-12)21-5-1-2-11(21)7-18/h8,10-11H,1-7,18H2. The van der Waals surface area contributed by atoms with Crippen LogP contribution in [0.25, 0.3) is 0 Å². The van der Waals surface area contributed by atoms with Gasteiger partial charge in [0.05, 0.1) is 5.92 Å². The number of aromatic nitrogens is 2. The van der Waals surface area contributed by atoms with Crippen LogP contribution in [0.2, 0.25) is 0 Å². The fourth-order valence-corrected chi connectivity index (χ4v) is 3.26. The van der Waals surface area contributed by atoms with Gasteiger partial charge < -0.3 is 10.6 Å². The molecule has 2 aliphatic rings. The second-order valence-electron chi connectivity index (χ2n) is 5.85. The highest BCUT2D eigenvalue weighted by Gasteiger charge is 2.41. The second-order valence-corrected chi connectivity index (χ2v) is 5.85. The summed E-state index contributed by atoms with van der Waals surface area (Å²) in [6.45, 7) is 1.42. The third-order valence-electron chi connectivity index (χ3n) is 4.51. The van der Waals surface area contributed by atoms with Gasteiger partial charge >= 0.3 is 6.18 Å². The van der Waals surface area contributed by atoms with Crippen molar-refractivity contribution in [2.75, 3.05) is 18.0 Å². The third-order valence-corrected chi connectivity index (χ3v) is 4.51. The molecule has 2 N–H and O–H groups in total. The van der Waals surface area contributed by atoms with Crippen molar-refractivity contribution in [2.45, 2.75) is 44.3 Å². The first-order chi connectivity index (χ1) is 9.99. The van der Waals surface area contributed by atoms with E-state index in [-0.39, 0.29) is 18.9 Å². The minimum Gasteiger partial charge on any atom is -0.337 e. The van der Waals surface area contributed by atoms with Crippen LogP contribution in [0.15, 0.2) is 6.20 Å². The largest absolute Gasteiger partial charge is 0.392 e. The Morgan fingerprint density at radius 2 is 2.14 bits per heavy atom. The molecule has 1 aliphatic carbocycles. The molecule has 7 heteroatoms. The number of fused-ring (bicyclic) bond motifs is 1. The quantitative estimate of drug-likeness (QED) is 0.908. The molecule has 1 fully saturated rings. The molecule has 2 heterocycles. The smallest absolute Gasteiger partial charge is 0.337 e. The minimum absolute atomic E-state index is 0.000565. The fourth-order valence-electron chi connectivity index (χ4n) is 3.26. The summed E-state index contributed by atoms with van der Waals surface area (Å²) in [4.78, 5) is 10.9. The summed E-state index contributed by atoms with van der Waals surface area (Å²) in [5.41, 5.74) is 7.15. The molecule has 2 atom stereocenters. The van der Waals surface area contributed by atoms with Crippen molar-refractivity contribution in [3.8, 4) is 0 Å². The fraction of sp³-hybridized carbons (Fsp3) is 0.714. The molecule has 0 radical (unpaired) electrons. The molecule has 4 nitrogen and oxygen atoms in total. The van der Waals surface area contributed by atoms with Crippen LogP contribution in [0.1, 0.15) is 30.5 Å². The normalized spacial score (nSPS) is 26.0. The Labute approximate surface area is 121 Å². The zero-order chi connectivity index (χ0) is 15.0. The first-order valence-electron chi connectivity index (χ1n) is 7.37. The number of aryl methyl sites for hydroxylation is 1. The summed E-state index contributed by atoms with van der Waals surface area (Å²) >= 11 is 0. The van der Waals surface area contributed by atoms with Crippen molar-refractivity contribution < 1.29 is 13.2 Å². The van der Waals surface area contributed by atoms with Crippen LogP contribution >= 0.6 is 0 Å². The van der Waals surface area contributed by atoms with E-state index in [4.69, 9.17) is 5.73 Å². The average molecular weight is 300 g/mol. The predicted molar refractivity (Wildman–Crippen MR) is 73.0 cm³/mol. The lowest BCUT2D eigenvalue weighted by atomic mass is 9.87. The van der Waals surface area contributed by atoms with Crippen molar-refractivity contribution in [3.05, 3.63) is 17.5 Å². The second kappa shape index (κ2) is 5.44. The Kier molecular flexibility index (Phi) is 3.77. The number of hydrogen-bond donors (Lipinski definition) is 1. The molecule has 0 saturated carbocycles. The summed E-state index contributed by atoms with van der Waals surface area (Å²) < 4.78 is 38.4. The van der Waals surface area contributed by atoms with Crippen LogP contribution in [-0.2, 0) is 12.8 Å². The number of anilines is 1. The van der Waals surface area contributed by atoms with Gasteiger partial charge in [-0.15, -0.1) is 0 Å². The lowest BCUT2D eigenvalue weighted by molar-refractivity contribution is -0.177. The lowest BCUT2D eigenvalue weighted by Crippen LogP contribution is -2.37. The van der Waals surface area contributed by atoms with E-state index in [9.17, 15) is 13.2 Å². The summed E-state index contributed by atoms with van der Waals surface area (Å²) in [5, 5.41) is 0. The predicted octanol–water partition coefficient (Wildman–Crippen LogP) is 2.07. The number of nitrogens with two attached hydrogens (primary N) is 1. The molecule has 0 aromatic carbocycles. The Hall–Kier alpha value is -1.37. The van der Waals surface area contributed by atoms with Crippen molar-refractivity contribution in [2.24, 2.45) is 11.7 Å². The van der Waals surface area contributed by atoms with Crippen LogP contribution in [0.4, 0.5) is 19.1 Å². The van der Waals surface area contributed by atoms with Crippen LogP contribution in [0.3, 0.4) is 0 Å². The Morgan fingerprint density at radius 3 is 2.86 bits per heavy atom. The molecular weight excluding hydrogens is 281 g/mol. The number of halogens is 3. The molecule has 3 rings (SSSR count). The van der Waals surface area contributed by atoms with Crippen molar-refractivity contribution >= 4 is 5.95 Å². The molecule has 1 saturated heterocycles. The maximum atomic E-state index is 12.8. The Morgan fingerprint density at radius 1 is 1.33 bits per heavy atom.